The first-order valence-electron chi connectivity index (χ1n) is 9.42. The van der Waals surface area contributed by atoms with Gasteiger partial charge in [-0.3, -0.25) is 18.7 Å². The molecule has 1 aliphatic heterocycles. The number of anilines is 1. The Bertz CT molecular complexity index is 1370. The zero-order valence-electron chi connectivity index (χ0n) is 16.3. The largest absolute Gasteiger partial charge is 0.340 e. The molecule has 0 saturated heterocycles. The van der Waals surface area contributed by atoms with Crippen LogP contribution in [0.5, 0.6) is 0 Å². The molecule has 2 aromatic carbocycles. The predicted octanol–water partition coefficient (Wildman–Crippen LogP) is 2.56. The summed E-state index contributed by atoms with van der Waals surface area (Å²) in [6, 6.07) is 15.2. The van der Waals surface area contributed by atoms with E-state index in [-0.39, 0.29) is 5.78 Å². The number of aromatic nitrogens is 2. The molecule has 2 aliphatic rings. The molecule has 0 bridgehead atoms. The molecule has 6 heteroatoms. The summed E-state index contributed by atoms with van der Waals surface area (Å²) in [4.78, 5) is 39.1. The number of nitrogens with zero attached hydrogens (tertiary/aromatic N) is 2. The highest BCUT2D eigenvalue weighted by Crippen LogP contribution is 2.47. The van der Waals surface area contributed by atoms with Crippen LogP contribution >= 0.6 is 0 Å². The van der Waals surface area contributed by atoms with Gasteiger partial charge in [0.1, 0.15) is 5.82 Å². The smallest absolute Gasteiger partial charge is 0.332 e. The normalized spacial score (nSPS) is 16.9. The lowest BCUT2D eigenvalue weighted by Crippen LogP contribution is -2.42. The molecular weight excluding hydrogens is 366 g/mol. The van der Waals surface area contributed by atoms with E-state index in [2.05, 4.69) is 5.32 Å². The molecule has 1 aliphatic carbocycles. The molecule has 0 spiro atoms. The zero-order valence-corrected chi connectivity index (χ0v) is 16.3. The number of fused-ring (bicyclic) bond motifs is 3. The maximum atomic E-state index is 13.4. The van der Waals surface area contributed by atoms with Crippen molar-refractivity contribution in [2.75, 3.05) is 5.32 Å². The van der Waals surface area contributed by atoms with Gasteiger partial charge in [-0.1, -0.05) is 54.1 Å². The van der Waals surface area contributed by atoms with Crippen LogP contribution in [0.4, 0.5) is 5.82 Å². The second kappa shape index (κ2) is 5.91. The molecule has 0 amide bonds. The van der Waals surface area contributed by atoms with Crippen LogP contribution in [-0.2, 0) is 14.1 Å². The van der Waals surface area contributed by atoms with Gasteiger partial charge >= 0.3 is 5.69 Å². The Morgan fingerprint density at radius 3 is 2.34 bits per heavy atom. The van der Waals surface area contributed by atoms with Crippen LogP contribution in [0, 0.1) is 6.92 Å². The number of nitrogens with one attached hydrogen (secondary N) is 1. The average molecular weight is 385 g/mol. The van der Waals surface area contributed by atoms with E-state index in [1.54, 1.807) is 13.1 Å². The zero-order chi connectivity index (χ0) is 20.4. The van der Waals surface area contributed by atoms with Gasteiger partial charge in [0.15, 0.2) is 5.78 Å². The Morgan fingerprint density at radius 2 is 1.62 bits per heavy atom. The van der Waals surface area contributed by atoms with E-state index in [0.29, 0.717) is 28.2 Å². The molecule has 29 heavy (non-hydrogen) atoms. The second-order valence-corrected chi connectivity index (χ2v) is 7.60. The molecule has 0 radical (unpaired) electrons. The van der Waals surface area contributed by atoms with E-state index < -0.39 is 17.2 Å². The lowest BCUT2D eigenvalue weighted by atomic mass is 9.81. The molecule has 0 fully saturated rings. The Hall–Kier alpha value is -3.67. The van der Waals surface area contributed by atoms with E-state index in [4.69, 9.17) is 0 Å². The van der Waals surface area contributed by atoms with Crippen LogP contribution < -0.4 is 16.6 Å². The van der Waals surface area contributed by atoms with Gasteiger partial charge in [0.25, 0.3) is 5.56 Å². The van der Waals surface area contributed by atoms with Crippen molar-refractivity contribution in [2.45, 2.75) is 12.8 Å². The Kier molecular flexibility index (Phi) is 3.55. The van der Waals surface area contributed by atoms with Crippen LogP contribution in [0.1, 0.15) is 38.5 Å². The summed E-state index contributed by atoms with van der Waals surface area (Å²) in [5, 5.41) is 3.25. The number of Topliss-reactive ketones (excluding diaryl/α,β-unsaturated/α-hetero) is 1. The second-order valence-electron chi connectivity index (χ2n) is 7.60. The van der Waals surface area contributed by atoms with Crippen LogP contribution in [0.25, 0.3) is 5.70 Å². The molecule has 2 heterocycles. The Morgan fingerprint density at radius 1 is 0.897 bits per heavy atom. The van der Waals surface area contributed by atoms with Crippen molar-refractivity contribution in [3.05, 3.63) is 103 Å². The summed E-state index contributed by atoms with van der Waals surface area (Å²) in [7, 11) is 3.10. The number of hydrogen-bond acceptors (Lipinski definition) is 4. The fourth-order valence-corrected chi connectivity index (χ4v) is 4.44. The van der Waals surface area contributed by atoms with Gasteiger partial charge < -0.3 is 5.32 Å². The van der Waals surface area contributed by atoms with Gasteiger partial charge in [-0.15, -0.1) is 0 Å². The quantitative estimate of drug-likeness (QED) is 0.699. The van der Waals surface area contributed by atoms with E-state index >= 15 is 0 Å². The predicted molar refractivity (Wildman–Crippen MR) is 111 cm³/mol. The highest BCUT2D eigenvalue weighted by atomic mass is 16.2. The lowest BCUT2D eigenvalue weighted by Gasteiger charge is -2.29. The molecular formula is C23H19N3O3. The van der Waals surface area contributed by atoms with E-state index in [9.17, 15) is 14.4 Å². The van der Waals surface area contributed by atoms with Gasteiger partial charge in [0.05, 0.1) is 11.3 Å². The van der Waals surface area contributed by atoms with Crippen LogP contribution in [0.2, 0.25) is 0 Å². The maximum absolute atomic E-state index is 13.4. The van der Waals surface area contributed by atoms with Crippen molar-refractivity contribution >= 4 is 17.3 Å². The summed E-state index contributed by atoms with van der Waals surface area (Å²) in [5.74, 6) is -0.199. The van der Waals surface area contributed by atoms with Crippen molar-refractivity contribution in [3.63, 3.8) is 0 Å². The van der Waals surface area contributed by atoms with E-state index in [1.807, 2.05) is 49.4 Å². The lowest BCUT2D eigenvalue weighted by molar-refractivity contribution is 0.103. The first kappa shape index (κ1) is 17.4. The number of carbonyl (C=O) groups excluding carboxylic acids is 1. The highest BCUT2D eigenvalue weighted by molar-refractivity contribution is 6.23. The number of aryl methyl sites for hydroxylation is 1. The Balaban J connectivity index is 1.90. The first-order chi connectivity index (χ1) is 13.9. The minimum atomic E-state index is -0.549. The third kappa shape index (κ3) is 2.26. The number of hydrogen-bond donors (Lipinski definition) is 1. The molecule has 0 unspecified atom stereocenters. The number of carbonyl (C=O) groups is 1. The van der Waals surface area contributed by atoms with E-state index in [1.165, 1.54) is 11.6 Å². The molecule has 0 saturated carbocycles. The van der Waals surface area contributed by atoms with Crippen LogP contribution in [0.15, 0.2) is 63.7 Å². The first-order valence-corrected chi connectivity index (χ1v) is 9.42. The Labute approximate surface area is 166 Å². The summed E-state index contributed by atoms with van der Waals surface area (Å²) < 4.78 is 2.54. The van der Waals surface area contributed by atoms with Gasteiger partial charge in [0.2, 0.25) is 0 Å². The molecule has 1 N–H and O–H groups in total. The minimum absolute atomic E-state index is 0.0869. The fraction of sp³-hybridized carbons (Fsp3) is 0.174. The highest BCUT2D eigenvalue weighted by Gasteiger charge is 2.42. The minimum Gasteiger partial charge on any atom is -0.340 e. The fourth-order valence-electron chi connectivity index (χ4n) is 4.44. The number of ketones is 1. The van der Waals surface area contributed by atoms with Crippen LogP contribution in [0.3, 0.4) is 0 Å². The van der Waals surface area contributed by atoms with Crippen molar-refractivity contribution < 1.29 is 4.79 Å². The molecule has 5 rings (SSSR count). The van der Waals surface area contributed by atoms with Crippen molar-refractivity contribution in [2.24, 2.45) is 14.1 Å². The van der Waals surface area contributed by atoms with Crippen LogP contribution in [-0.4, -0.2) is 14.9 Å². The van der Waals surface area contributed by atoms with Crippen molar-refractivity contribution in [1.82, 2.24) is 9.13 Å². The molecule has 1 atom stereocenters. The summed E-state index contributed by atoms with van der Waals surface area (Å²) in [6.45, 7) is 1.98. The van der Waals surface area contributed by atoms with Crippen molar-refractivity contribution in [1.29, 1.82) is 0 Å². The maximum Gasteiger partial charge on any atom is 0.332 e. The molecule has 6 nitrogen and oxygen atoms in total. The number of benzene rings is 2. The standard InChI is InChI=1S/C23H19N3O3/c1-12-7-6-8-13(11-12)16-17-19(14-9-4-5-10-15(14)20(17)27)24-21-18(16)22(28)26(3)23(29)25(21)2/h4-11,16,24H,1-3H3/t16-/m0/s1. The molecule has 1 aromatic heterocycles. The van der Waals surface area contributed by atoms with Gasteiger partial charge in [0, 0.05) is 36.7 Å². The van der Waals surface area contributed by atoms with Gasteiger partial charge in [-0.25, -0.2) is 4.79 Å². The molecule has 144 valence electrons. The monoisotopic (exact) mass is 385 g/mol. The summed E-state index contributed by atoms with van der Waals surface area (Å²) in [5.41, 5.74) is 4.14. The van der Waals surface area contributed by atoms with Gasteiger partial charge in [-0.2, -0.15) is 0 Å². The average Bonchev–Trinajstić information content (AvgIpc) is 3.01. The third-order valence-corrected chi connectivity index (χ3v) is 5.85. The number of allylic oxidation sites excluding steroid dienone is 1. The summed E-state index contributed by atoms with van der Waals surface area (Å²) in [6.07, 6.45) is 0. The van der Waals surface area contributed by atoms with Gasteiger partial charge in [-0.05, 0) is 12.5 Å². The topological polar surface area (TPSA) is 73.1 Å². The van der Waals surface area contributed by atoms with E-state index in [0.717, 1.165) is 21.3 Å². The molecule has 3 aromatic rings. The summed E-state index contributed by atoms with van der Waals surface area (Å²) >= 11 is 0. The third-order valence-electron chi connectivity index (χ3n) is 5.85. The van der Waals surface area contributed by atoms with Crippen molar-refractivity contribution in [3.8, 4) is 0 Å². The number of rotatable bonds is 1. The SMILES string of the molecule is Cc1cccc([C@H]2C3=C(Nc4c2c(=O)n(C)c(=O)n4C)c2ccccc2C3=O)c1.